The Morgan fingerprint density at radius 1 is 1.21 bits per heavy atom. The number of carboxylic acid groups (broad SMARTS) is 1. The topological polar surface area (TPSA) is 87.6 Å². The number of aliphatic carboxylic acids is 1. The summed E-state index contributed by atoms with van der Waals surface area (Å²) in [5, 5.41) is 9.70. The second-order valence-corrected chi connectivity index (χ2v) is 7.19. The third kappa shape index (κ3) is 2.31. The number of amides is 2. The molecule has 2 aliphatic rings. The van der Waals surface area contributed by atoms with E-state index in [1.807, 2.05) is 0 Å². The molecular weight excluding hydrogens is 328 g/mol. The maximum atomic E-state index is 12.7. The zero-order valence-corrected chi connectivity index (χ0v) is 13.7. The molecule has 4 rings (SSSR count). The van der Waals surface area contributed by atoms with Crippen LogP contribution in [0, 0.1) is 11.8 Å². The summed E-state index contributed by atoms with van der Waals surface area (Å²) in [6.45, 7) is 0. The van der Waals surface area contributed by atoms with Gasteiger partial charge in [-0.2, -0.15) is 4.37 Å². The highest BCUT2D eigenvalue weighted by Gasteiger charge is 2.48. The van der Waals surface area contributed by atoms with Crippen LogP contribution in [-0.2, 0) is 20.8 Å². The SMILES string of the molecule is O=C(O)Cc1nsc2ccc(N3C(=O)C4CCCCC4C3=O)cc12. The molecule has 7 heteroatoms. The summed E-state index contributed by atoms with van der Waals surface area (Å²) in [7, 11) is 0. The van der Waals surface area contributed by atoms with Gasteiger partial charge in [-0.25, -0.2) is 0 Å². The van der Waals surface area contributed by atoms with Crippen LogP contribution < -0.4 is 4.90 Å². The van der Waals surface area contributed by atoms with Crippen molar-refractivity contribution < 1.29 is 19.5 Å². The van der Waals surface area contributed by atoms with Crippen molar-refractivity contribution in [2.75, 3.05) is 4.90 Å². The van der Waals surface area contributed by atoms with Gasteiger partial charge >= 0.3 is 5.97 Å². The van der Waals surface area contributed by atoms with E-state index in [1.54, 1.807) is 18.2 Å². The molecule has 1 aromatic heterocycles. The molecule has 2 atom stereocenters. The van der Waals surface area contributed by atoms with E-state index >= 15 is 0 Å². The predicted octanol–water partition coefficient (Wildman–Crippen LogP) is 2.60. The molecule has 2 heterocycles. The molecule has 24 heavy (non-hydrogen) atoms. The van der Waals surface area contributed by atoms with Gasteiger partial charge in [0.1, 0.15) is 0 Å². The highest BCUT2D eigenvalue weighted by Crippen LogP contribution is 2.41. The van der Waals surface area contributed by atoms with Gasteiger partial charge in [-0.15, -0.1) is 0 Å². The van der Waals surface area contributed by atoms with Crippen molar-refractivity contribution in [3.05, 3.63) is 23.9 Å². The van der Waals surface area contributed by atoms with Crippen molar-refractivity contribution in [2.24, 2.45) is 11.8 Å². The molecule has 6 nitrogen and oxygen atoms in total. The van der Waals surface area contributed by atoms with Crippen molar-refractivity contribution in [3.63, 3.8) is 0 Å². The van der Waals surface area contributed by atoms with Crippen LogP contribution in [0.1, 0.15) is 31.4 Å². The molecule has 1 saturated heterocycles. The lowest BCUT2D eigenvalue weighted by atomic mass is 9.81. The average molecular weight is 344 g/mol. The van der Waals surface area contributed by atoms with Crippen LogP contribution >= 0.6 is 11.5 Å². The van der Waals surface area contributed by atoms with Crippen LogP contribution in [0.3, 0.4) is 0 Å². The van der Waals surface area contributed by atoms with Crippen molar-refractivity contribution >= 4 is 45.1 Å². The maximum absolute atomic E-state index is 12.7. The van der Waals surface area contributed by atoms with E-state index in [0.29, 0.717) is 16.8 Å². The molecule has 124 valence electrons. The first kappa shape index (κ1) is 15.3. The highest BCUT2D eigenvalue weighted by atomic mass is 32.1. The first-order valence-electron chi connectivity index (χ1n) is 8.04. The number of benzene rings is 1. The van der Waals surface area contributed by atoms with Gasteiger partial charge in [0, 0.05) is 5.39 Å². The molecule has 0 spiro atoms. The fourth-order valence-electron chi connectivity index (χ4n) is 3.80. The van der Waals surface area contributed by atoms with Crippen molar-refractivity contribution in [2.45, 2.75) is 32.1 Å². The number of hydrogen-bond acceptors (Lipinski definition) is 5. The van der Waals surface area contributed by atoms with E-state index in [1.165, 1.54) is 16.4 Å². The molecule has 1 saturated carbocycles. The highest BCUT2D eigenvalue weighted by molar-refractivity contribution is 7.13. The van der Waals surface area contributed by atoms with Gasteiger partial charge < -0.3 is 5.11 Å². The van der Waals surface area contributed by atoms with E-state index in [4.69, 9.17) is 5.11 Å². The van der Waals surface area contributed by atoms with Crippen LogP contribution in [-0.4, -0.2) is 27.3 Å². The van der Waals surface area contributed by atoms with Crippen LogP contribution in [0.4, 0.5) is 5.69 Å². The van der Waals surface area contributed by atoms with Crippen molar-refractivity contribution in [1.29, 1.82) is 0 Å². The number of anilines is 1. The number of aromatic nitrogens is 1. The summed E-state index contributed by atoms with van der Waals surface area (Å²) in [4.78, 5) is 37.6. The van der Waals surface area contributed by atoms with Crippen LogP contribution in [0.2, 0.25) is 0 Å². The Labute approximate surface area is 142 Å². The van der Waals surface area contributed by atoms with Crippen LogP contribution in [0.15, 0.2) is 18.2 Å². The fraction of sp³-hybridized carbons (Fsp3) is 0.412. The smallest absolute Gasteiger partial charge is 0.309 e. The lowest BCUT2D eigenvalue weighted by molar-refractivity contribution is -0.136. The largest absolute Gasteiger partial charge is 0.481 e. The Morgan fingerprint density at radius 3 is 2.50 bits per heavy atom. The number of rotatable bonds is 3. The predicted molar refractivity (Wildman–Crippen MR) is 88.9 cm³/mol. The first-order chi connectivity index (χ1) is 11.6. The van der Waals surface area contributed by atoms with Crippen LogP contribution in [0.5, 0.6) is 0 Å². The number of carbonyl (C=O) groups excluding carboxylic acids is 2. The maximum Gasteiger partial charge on any atom is 0.309 e. The third-order valence-corrected chi connectivity index (χ3v) is 5.81. The number of nitrogens with zero attached hydrogens (tertiary/aromatic N) is 2. The monoisotopic (exact) mass is 344 g/mol. The average Bonchev–Trinajstić information content (AvgIpc) is 3.07. The number of carboxylic acids is 1. The van der Waals surface area contributed by atoms with Crippen molar-refractivity contribution in [1.82, 2.24) is 4.37 Å². The van der Waals surface area contributed by atoms with Gasteiger partial charge in [0.05, 0.1) is 34.3 Å². The molecule has 1 N–H and O–H groups in total. The molecule has 1 aliphatic carbocycles. The lowest BCUT2D eigenvalue weighted by Crippen LogP contribution is -2.30. The van der Waals surface area contributed by atoms with Gasteiger partial charge in [0.2, 0.25) is 11.8 Å². The Kier molecular flexibility index (Phi) is 3.60. The van der Waals surface area contributed by atoms with E-state index < -0.39 is 5.97 Å². The summed E-state index contributed by atoms with van der Waals surface area (Å²) in [5.41, 5.74) is 1.000. The molecule has 2 aromatic rings. The summed E-state index contributed by atoms with van der Waals surface area (Å²) in [6.07, 6.45) is 3.36. The second kappa shape index (κ2) is 5.66. The van der Waals surface area contributed by atoms with Gasteiger partial charge in [-0.05, 0) is 42.6 Å². The normalized spacial score (nSPS) is 23.8. The zero-order chi connectivity index (χ0) is 16.8. The Balaban J connectivity index is 1.74. The van der Waals surface area contributed by atoms with Gasteiger partial charge in [0.15, 0.2) is 0 Å². The fourth-order valence-corrected chi connectivity index (χ4v) is 4.58. The minimum Gasteiger partial charge on any atom is -0.481 e. The lowest BCUT2D eigenvalue weighted by Gasteiger charge is -2.19. The van der Waals surface area contributed by atoms with Crippen molar-refractivity contribution in [3.8, 4) is 0 Å². The summed E-state index contributed by atoms with van der Waals surface area (Å²) < 4.78 is 5.04. The number of hydrogen-bond donors (Lipinski definition) is 1. The zero-order valence-electron chi connectivity index (χ0n) is 12.9. The third-order valence-electron chi connectivity index (χ3n) is 4.95. The Bertz CT molecular complexity index is 835. The van der Waals surface area contributed by atoms with Crippen LogP contribution in [0.25, 0.3) is 10.1 Å². The molecular formula is C17H16N2O4S. The minimum atomic E-state index is -0.952. The number of carbonyl (C=O) groups is 3. The molecule has 1 aliphatic heterocycles. The Morgan fingerprint density at radius 2 is 1.88 bits per heavy atom. The van der Waals surface area contributed by atoms with Gasteiger partial charge in [-0.1, -0.05) is 12.8 Å². The molecule has 2 fully saturated rings. The van der Waals surface area contributed by atoms with E-state index in [0.717, 1.165) is 30.4 Å². The minimum absolute atomic E-state index is 0.118. The standard InChI is InChI=1S/C17H16N2O4S/c20-15(21)8-13-12-7-9(5-6-14(12)24-18-13)19-16(22)10-3-1-2-4-11(10)17(19)23/h5-7,10-11H,1-4,8H2,(H,20,21). The molecule has 0 radical (unpaired) electrons. The number of imide groups is 1. The van der Waals surface area contributed by atoms with Gasteiger partial charge in [0.25, 0.3) is 0 Å². The first-order valence-corrected chi connectivity index (χ1v) is 8.81. The number of fused-ring (bicyclic) bond motifs is 2. The molecule has 0 bridgehead atoms. The summed E-state index contributed by atoms with van der Waals surface area (Å²) in [5.74, 6) is -1.58. The second-order valence-electron chi connectivity index (χ2n) is 6.39. The van der Waals surface area contributed by atoms with E-state index in [-0.39, 0.29) is 30.1 Å². The molecule has 2 amide bonds. The van der Waals surface area contributed by atoms with Gasteiger partial charge in [-0.3, -0.25) is 19.3 Å². The quantitative estimate of drug-likeness (QED) is 0.865. The van der Waals surface area contributed by atoms with E-state index in [9.17, 15) is 14.4 Å². The van der Waals surface area contributed by atoms with E-state index in [2.05, 4.69) is 4.37 Å². The molecule has 1 aromatic carbocycles. The Hall–Kier alpha value is -2.28. The summed E-state index contributed by atoms with van der Waals surface area (Å²) >= 11 is 1.23. The summed E-state index contributed by atoms with van der Waals surface area (Å²) in [6, 6.07) is 5.28. The molecule has 2 unspecified atom stereocenters.